The van der Waals surface area contributed by atoms with E-state index in [1.807, 2.05) is 36.4 Å². The number of likely N-dealkylation sites (tertiary alicyclic amines) is 1. The molecule has 0 aromatic heterocycles. The molecule has 4 rings (SSSR count). The monoisotopic (exact) mass is 814 g/mol. The van der Waals surface area contributed by atoms with Crippen LogP contribution in [-0.2, 0) is 21.1 Å². The van der Waals surface area contributed by atoms with Crippen molar-refractivity contribution in [2.24, 2.45) is 0 Å². The summed E-state index contributed by atoms with van der Waals surface area (Å²) in [6, 6.07) is 22.1. The molecule has 0 saturated carbocycles. The van der Waals surface area contributed by atoms with E-state index in [2.05, 4.69) is 10.2 Å². The number of phenols is 3. The number of nitrogens with one attached hydrogen (secondary N) is 1. The van der Waals surface area contributed by atoms with Crippen LogP contribution in [0, 0.1) is 0 Å². The van der Waals surface area contributed by atoms with Crippen molar-refractivity contribution in [2.75, 3.05) is 32.7 Å². The van der Waals surface area contributed by atoms with E-state index < -0.39 is 0 Å². The van der Waals surface area contributed by atoms with Crippen molar-refractivity contribution in [3.8, 4) is 17.2 Å². The molecular weight excluding hydrogens is 763 g/mol. The SMILES string of the molecule is Oc1ccc(C(CCCCCCCCCCCNCCN2CCCCC2)=C(c2ccc(O)cc2)c2ccc(O)cc2)cc1.[Cl-].[Pt+2]. The Morgan fingerprint density at radius 1 is 0.533 bits per heavy atom. The van der Waals surface area contributed by atoms with E-state index in [9.17, 15) is 15.3 Å². The average molecular weight is 815 g/mol. The summed E-state index contributed by atoms with van der Waals surface area (Å²) in [4.78, 5) is 2.60. The summed E-state index contributed by atoms with van der Waals surface area (Å²) in [6.07, 6.45) is 16.5. The third-order valence-corrected chi connectivity index (χ3v) is 8.66. The van der Waals surface area contributed by atoms with E-state index in [-0.39, 0.29) is 50.7 Å². The van der Waals surface area contributed by atoms with Gasteiger partial charge in [-0.2, -0.15) is 0 Å². The Labute approximate surface area is 291 Å². The molecule has 1 aliphatic rings. The van der Waals surface area contributed by atoms with Crippen molar-refractivity contribution < 1.29 is 48.8 Å². The van der Waals surface area contributed by atoms with E-state index >= 15 is 0 Å². The Bertz CT molecular complexity index is 1180. The van der Waals surface area contributed by atoms with Crippen molar-refractivity contribution in [1.29, 1.82) is 0 Å². The Hall–Kier alpha value is -2.30. The van der Waals surface area contributed by atoms with Crippen molar-refractivity contribution in [2.45, 2.75) is 83.5 Å². The van der Waals surface area contributed by atoms with Gasteiger partial charge in [-0.15, -0.1) is 0 Å². The van der Waals surface area contributed by atoms with Gasteiger partial charge in [0.25, 0.3) is 0 Å². The van der Waals surface area contributed by atoms with Gasteiger partial charge in [0.1, 0.15) is 17.2 Å². The molecule has 1 fully saturated rings. The molecule has 45 heavy (non-hydrogen) atoms. The van der Waals surface area contributed by atoms with Crippen LogP contribution >= 0.6 is 0 Å². The standard InChI is InChI=1S/C38H52N2O3.ClH.Pt/c41-34-20-14-31(15-21-34)37(38(32-16-22-35(42)23-17-32)33-18-24-36(43)25-19-33)13-9-6-4-2-1-3-5-7-10-26-39-27-30-40-28-11-8-12-29-40;;/h14-25,39,41-43H,1-13,26-30H2;1H;/q;;+2/p-1. The van der Waals surface area contributed by atoms with Crippen LogP contribution in [-0.4, -0.2) is 52.9 Å². The number of hydrogen-bond acceptors (Lipinski definition) is 5. The van der Waals surface area contributed by atoms with Crippen molar-refractivity contribution in [3.63, 3.8) is 0 Å². The number of phenolic OH excluding ortho intramolecular Hbond substituents is 3. The van der Waals surface area contributed by atoms with Crippen molar-refractivity contribution in [1.82, 2.24) is 10.2 Å². The second-order valence-electron chi connectivity index (χ2n) is 12.1. The van der Waals surface area contributed by atoms with Crippen LogP contribution < -0.4 is 17.7 Å². The molecular formula is C38H52ClN2O3Pt+. The number of nitrogens with zero attached hydrogens (tertiary/aromatic N) is 1. The fraction of sp³-hybridized carbons (Fsp3) is 0.474. The van der Waals surface area contributed by atoms with E-state index in [0.717, 1.165) is 48.2 Å². The Kier molecular flexibility index (Phi) is 19.2. The van der Waals surface area contributed by atoms with Gasteiger partial charge in [-0.05, 0) is 116 Å². The number of piperidine rings is 1. The summed E-state index contributed by atoms with van der Waals surface area (Å²) >= 11 is 0. The van der Waals surface area contributed by atoms with Gasteiger partial charge in [0, 0.05) is 13.1 Å². The maximum atomic E-state index is 9.94. The smallest absolute Gasteiger partial charge is 1.00 e. The molecule has 3 aromatic rings. The number of hydrogen-bond donors (Lipinski definition) is 4. The Morgan fingerprint density at radius 3 is 1.44 bits per heavy atom. The zero-order chi connectivity index (χ0) is 30.1. The molecule has 0 atom stereocenters. The molecule has 1 saturated heterocycles. The molecule has 5 nitrogen and oxygen atoms in total. The molecule has 248 valence electrons. The molecule has 1 heterocycles. The number of benzene rings is 3. The number of unbranched alkanes of at least 4 members (excludes halogenated alkanes) is 8. The van der Waals surface area contributed by atoms with Crippen LogP contribution in [0.2, 0.25) is 0 Å². The molecule has 0 spiro atoms. The molecule has 0 radical (unpaired) electrons. The first-order valence-electron chi connectivity index (χ1n) is 16.6. The van der Waals surface area contributed by atoms with Gasteiger partial charge in [0.15, 0.2) is 0 Å². The zero-order valence-corrected chi connectivity index (χ0v) is 29.7. The zero-order valence-electron chi connectivity index (χ0n) is 26.6. The topological polar surface area (TPSA) is 76.0 Å². The molecule has 0 amide bonds. The molecule has 0 aliphatic carbocycles. The van der Waals surface area contributed by atoms with Crippen LogP contribution in [0.25, 0.3) is 11.1 Å². The Morgan fingerprint density at radius 2 is 0.956 bits per heavy atom. The van der Waals surface area contributed by atoms with Gasteiger partial charge in [-0.3, -0.25) is 0 Å². The van der Waals surface area contributed by atoms with Crippen molar-refractivity contribution >= 4 is 11.1 Å². The first-order chi connectivity index (χ1) is 21.1. The summed E-state index contributed by atoms with van der Waals surface area (Å²) in [7, 11) is 0. The molecule has 3 aromatic carbocycles. The molecule has 0 unspecified atom stereocenters. The molecule has 4 N–H and O–H groups in total. The Balaban J connectivity index is 0.00000353. The van der Waals surface area contributed by atoms with Crippen LogP contribution in [0.3, 0.4) is 0 Å². The largest absolute Gasteiger partial charge is 2.00 e. The van der Waals surface area contributed by atoms with Crippen LogP contribution in [0.15, 0.2) is 72.8 Å². The fourth-order valence-electron chi connectivity index (χ4n) is 6.18. The maximum Gasteiger partial charge on any atom is 2.00 e. The van der Waals surface area contributed by atoms with Gasteiger partial charge in [-0.1, -0.05) is 87.8 Å². The molecule has 0 bridgehead atoms. The summed E-state index contributed by atoms with van der Waals surface area (Å²) in [6.45, 7) is 6.08. The number of allylic oxidation sites excluding steroid dienone is 1. The van der Waals surface area contributed by atoms with E-state index in [1.165, 1.54) is 95.8 Å². The fourth-order valence-corrected chi connectivity index (χ4v) is 6.18. The van der Waals surface area contributed by atoms with E-state index in [0.29, 0.717) is 0 Å². The summed E-state index contributed by atoms with van der Waals surface area (Å²) in [5.74, 6) is 0.725. The minimum absolute atomic E-state index is 0. The quantitative estimate of drug-likeness (QED) is 0.0975. The summed E-state index contributed by atoms with van der Waals surface area (Å²) in [5.41, 5.74) is 5.41. The van der Waals surface area contributed by atoms with Crippen LogP contribution in [0.1, 0.15) is 100 Å². The minimum Gasteiger partial charge on any atom is -1.00 e. The summed E-state index contributed by atoms with van der Waals surface area (Å²) in [5, 5.41) is 33.4. The minimum atomic E-state index is 0. The van der Waals surface area contributed by atoms with Gasteiger partial charge >= 0.3 is 21.1 Å². The van der Waals surface area contributed by atoms with Crippen molar-refractivity contribution in [3.05, 3.63) is 89.5 Å². The molecule has 1 aliphatic heterocycles. The van der Waals surface area contributed by atoms with Gasteiger partial charge in [0.2, 0.25) is 0 Å². The first kappa shape index (κ1) is 38.9. The van der Waals surface area contributed by atoms with E-state index in [4.69, 9.17) is 0 Å². The second kappa shape index (κ2) is 22.3. The van der Waals surface area contributed by atoms with Gasteiger partial charge in [0.05, 0.1) is 0 Å². The van der Waals surface area contributed by atoms with Gasteiger partial charge < -0.3 is 37.9 Å². The van der Waals surface area contributed by atoms with E-state index in [1.54, 1.807) is 36.4 Å². The third-order valence-electron chi connectivity index (χ3n) is 8.66. The number of aromatic hydroxyl groups is 3. The van der Waals surface area contributed by atoms with Crippen LogP contribution in [0.5, 0.6) is 17.2 Å². The summed E-state index contributed by atoms with van der Waals surface area (Å²) < 4.78 is 0. The average Bonchev–Trinajstić information content (AvgIpc) is 3.03. The number of rotatable bonds is 18. The predicted octanol–water partition coefficient (Wildman–Crippen LogP) is 5.74. The number of halogens is 1. The predicted molar refractivity (Wildman–Crippen MR) is 180 cm³/mol. The second-order valence-corrected chi connectivity index (χ2v) is 12.1. The first-order valence-corrected chi connectivity index (χ1v) is 16.6. The normalized spacial score (nSPS) is 13.1. The van der Waals surface area contributed by atoms with Crippen LogP contribution in [0.4, 0.5) is 0 Å². The maximum absolute atomic E-state index is 9.94. The molecule has 7 heteroatoms. The third kappa shape index (κ3) is 13.9. The van der Waals surface area contributed by atoms with Gasteiger partial charge in [-0.25, -0.2) is 0 Å².